The third kappa shape index (κ3) is 4.97. The number of aliphatic hydroxyl groups excluding tert-OH is 6. The summed E-state index contributed by atoms with van der Waals surface area (Å²) in [6.07, 6.45) is -12.8. The van der Waals surface area contributed by atoms with Gasteiger partial charge in [0.05, 0.1) is 13.2 Å². The maximum absolute atomic E-state index is 11.3. The third-order valence-corrected chi connectivity index (χ3v) is 5.06. The SMILES string of the molecule is CC(=O)c1ccc(O[C@@H]2O[C@H](CO[C@@H]3OC[C@H](O)[C@H](O)[C@@H]3O)[C@@H](O)[C@@H](O)[C@@H]2O)cc1. The van der Waals surface area contributed by atoms with Gasteiger partial charge in [0.2, 0.25) is 6.29 Å². The van der Waals surface area contributed by atoms with Crippen LogP contribution in [0.3, 0.4) is 0 Å². The van der Waals surface area contributed by atoms with Crippen LogP contribution in [0.4, 0.5) is 0 Å². The topological polar surface area (TPSA) is 175 Å². The molecule has 2 heterocycles. The van der Waals surface area contributed by atoms with Crippen molar-refractivity contribution < 1.29 is 54.4 Å². The largest absolute Gasteiger partial charge is 0.462 e. The molecular weight excluding hydrogens is 404 g/mol. The van der Waals surface area contributed by atoms with Crippen molar-refractivity contribution >= 4 is 5.78 Å². The first-order valence-electron chi connectivity index (χ1n) is 9.43. The summed E-state index contributed by atoms with van der Waals surface area (Å²) in [5, 5.41) is 59.5. The lowest BCUT2D eigenvalue weighted by Gasteiger charge is -2.41. The van der Waals surface area contributed by atoms with Crippen molar-refractivity contribution in [2.75, 3.05) is 13.2 Å². The molecule has 1 aromatic carbocycles. The van der Waals surface area contributed by atoms with Crippen molar-refractivity contribution in [2.24, 2.45) is 0 Å². The van der Waals surface area contributed by atoms with Crippen LogP contribution in [0.1, 0.15) is 17.3 Å². The van der Waals surface area contributed by atoms with Crippen LogP contribution < -0.4 is 4.74 Å². The zero-order chi connectivity index (χ0) is 22.0. The molecule has 0 aromatic heterocycles. The number of Topliss-reactive ketones (excluding diaryl/α,β-unsaturated/α-hetero) is 1. The number of ether oxygens (including phenoxy) is 4. The van der Waals surface area contributed by atoms with Crippen molar-refractivity contribution in [2.45, 2.75) is 62.2 Å². The maximum atomic E-state index is 11.3. The fourth-order valence-corrected chi connectivity index (χ4v) is 3.17. The zero-order valence-corrected chi connectivity index (χ0v) is 16.1. The van der Waals surface area contributed by atoms with Crippen molar-refractivity contribution in [1.82, 2.24) is 0 Å². The fourth-order valence-electron chi connectivity index (χ4n) is 3.17. The maximum Gasteiger partial charge on any atom is 0.229 e. The van der Waals surface area contributed by atoms with Gasteiger partial charge < -0.3 is 49.6 Å². The fraction of sp³-hybridized carbons (Fsp3) is 0.632. The lowest BCUT2D eigenvalue weighted by Crippen LogP contribution is -2.61. The predicted octanol–water partition coefficient (Wildman–Crippen LogP) is -2.47. The Morgan fingerprint density at radius 3 is 2.20 bits per heavy atom. The molecule has 0 aliphatic carbocycles. The first kappa shape index (κ1) is 23.0. The van der Waals surface area contributed by atoms with Crippen molar-refractivity contribution in [3.8, 4) is 5.75 Å². The molecule has 168 valence electrons. The Bertz CT molecular complexity index is 711. The van der Waals surface area contributed by atoms with Gasteiger partial charge in [-0.05, 0) is 31.2 Å². The molecule has 0 saturated carbocycles. The second-order valence-electron chi connectivity index (χ2n) is 7.30. The second-order valence-corrected chi connectivity index (χ2v) is 7.30. The number of carbonyl (C=O) groups excluding carboxylic acids is 1. The Balaban J connectivity index is 1.62. The van der Waals surface area contributed by atoms with E-state index in [1.54, 1.807) is 0 Å². The first-order chi connectivity index (χ1) is 14.2. The van der Waals surface area contributed by atoms with Gasteiger partial charge in [-0.1, -0.05) is 0 Å². The van der Waals surface area contributed by atoms with E-state index in [1.165, 1.54) is 31.2 Å². The number of aliphatic hydroxyl groups is 6. The molecule has 2 fully saturated rings. The summed E-state index contributed by atoms with van der Waals surface area (Å²) in [6.45, 7) is 0.776. The molecule has 2 aliphatic heterocycles. The molecule has 6 N–H and O–H groups in total. The number of carbonyl (C=O) groups is 1. The van der Waals surface area contributed by atoms with E-state index in [9.17, 15) is 35.4 Å². The Morgan fingerprint density at radius 2 is 1.57 bits per heavy atom. The molecule has 9 atom stereocenters. The first-order valence-corrected chi connectivity index (χ1v) is 9.43. The number of rotatable bonds is 6. The summed E-state index contributed by atoms with van der Waals surface area (Å²) in [4.78, 5) is 11.3. The van der Waals surface area contributed by atoms with Crippen molar-refractivity contribution in [3.63, 3.8) is 0 Å². The molecular formula is C19H26O11. The summed E-state index contributed by atoms with van der Waals surface area (Å²) in [5.74, 6) is 0.131. The van der Waals surface area contributed by atoms with Crippen LogP contribution in [0.15, 0.2) is 24.3 Å². The van der Waals surface area contributed by atoms with Crippen LogP contribution in [0.25, 0.3) is 0 Å². The summed E-state index contributed by atoms with van der Waals surface area (Å²) in [6, 6.07) is 6.05. The monoisotopic (exact) mass is 430 g/mol. The standard InChI is InChI=1S/C19H26O11/c1-8(20)9-2-4-10(5-3-9)29-19-17(26)15(24)14(23)12(30-19)7-28-18-16(25)13(22)11(21)6-27-18/h2-5,11-19,21-26H,6-7H2,1H3/t11-,12+,13-,14+,15+,16-,17-,18-,19+/m0/s1. The van der Waals surface area contributed by atoms with Gasteiger partial charge in [-0.15, -0.1) is 0 Å². The van der Waals surface area contributed by atoms with Crippen molar-refractivity contribution in [3.05, 3.63) is 29.8 Å². The molecule has 3 rings (SSSR count). The average Bonchev–Trinajstić information content (AvgIpc) is 2.73. The molecule has 2 saturated heterocycles. The molecule has 0 unspecified atom stereocenters. The highest BCUT2D eigenvalue weighted by molar-refractivity contribution is 5.94. The van der Waals surface area contributed by atoms with Crippen LogP contribution >= 0.6 is 0 Å². The molecule has 2 aliphatic rings. The van der Waals surface area contributed by atoms with E-state index in [1.807, 2.05) is 0 Å². The van der Waals surface area contributed by atoms with Crippen molar-refractivity contribution in [1.29, 1.82) is 0 Å². The smallest absolute Gasteiger partial charge is 0.229 e. The minimum atomic E-state index is -1.61. The van der Waals surface area contributed by atoms with Gasteiger partial charge in [0.25, 0.3) is 0 Å². The zero-order valence-electron chi connectivity index (χ0n) is 16.1. The number of hydrogen-bond donors (Lipinski definition) is 6. The summed E-state index contributed by atoms with van der Waals surface area (Å²) in [5.41, 5.74) is 0.465. The van der Waals surface area contributed by atoms with E-state index in [2.05, 4.69) is 0 Å². The second kappa shape index (κ2) is 9.64. The third-order valence-electron chi connectivity index (χ3n) is 5.06. The minimum absolute atomic E-state index is 0.129. The highest BCUT2D eigenvalue weighted by atomic mass is 16.7. The highest BCUT2D eigenvalue weighted by Gasteiger charge is 2.46. The number of ketones is 1. The Labute approximate surface area is 172 Å². The predicted molar refractivity (Wildman–Crippen MR) is 97.5 cm³/mol. The van der Waals surface area contributed by atoms with E-state index in [4.69, 9.17) is 18.9 Å². The molecule has 1 aromatic rings. The molecule has 0 amide bonds. The van der Waals surface area contributed by atoms with E-state index in [0.717, 1.165) is 0 Å². The van der Waals surface area contributed by atoms with Gasteiger partial charge in [0.1, 0.15) is 48.5 Å². The lowest BCUT2D eigenvalue weighted by atomic mass is 9.99. The number of benzene rings is 1. The van der Waals surface area contributed by atoms with Gasteiger partial charge in [-0.3, -0.25) is 4.79 Å². The van der Waals surface area contributed by atoms with Crippen LogP contribution in [-0.2, 0) is 14.2 Å². The normalized spacial score (nSPS) is 39.5. The van der Waals surface area contributed by atoms with Gasteiger partial charge in [0.15, 0.2) is 12.1 Å². The molecule has 30 heavy (non-hydrogen) atoms. The average molecular weight is 430 g/mol. The minimum Gasteiger partial charge on any atom is -0.462 e. The van der Waals surface area contributed by atoms with Crippen LogP contribution in [0.2, 0.25) is 0 Å². The van der Waals surface area contributed by atoms with E-state index < -0.39 is 55.3 Å². The van der Waals surface area contributed by atoms with Gasteiger partial charge in [-0.25, -0.2) is 0 Å². The summed E-state index contributed by atoms with van der Waals surface area (Å²) >= 11 is 0. The summed E-state index contributed by atoms with van der Waals surface area (Å²) in [7, 11) is 0. The molecule has 11 nitrogen and oxygen atoms in total. The van der Waals surface area contributed by atoms with Crippen LogP contribution in [0, 0.1) is 0 Å². The number of hydrogen-bond acceptors (Lipinski definition) is 11. The highest BCUT2D eigenvalue weighted by Crippen LogP contribution is 2.26. The van der Waals surface area contributed by atoms with Gasteiger partial charge in [-0.2, -0.15) is 0 Å². The van der Waals surface area contributed by atoms with Crippen LogP contribution in [0.5, 0.6) is 5.75 Å². The molecule has 0 bridgehead atoms. The summed E-state index contributed by atoms with van der Waals surface area (Å²) < 4.78 is 21.5. The van der Waals surface area contributed by atoms with E-state index >= 15 is 0 Å². The van der Waals surface area contributed by atoms with Gasteiger partial charge >= 0.3 is 0 Å². The quantitative estimate of drug-likeness (QED) is 0.264. The Hall–Kier alpha value is -1.67. The van der Waals surface area contributed by atoms with E-state index in [-0.39, 0.29) is 24.7 Å². The lowest BCUT2D eigenvalue weighted by molar-refractivity contribution is -0.307. The Morgan fingerprint density at radius 1 is 0.933 bits per heavy atom. The van der Waals surface area contributed by atoms with Gasteiger partial charge in [0, 0.05) is 5.56 Å². The molecule has 0 radical (unpaired) electrons. The van der Waals surface area contributed by atoms with E-state index in [0.29, 0.717) is 5.56 Å². The molecule has 11 heteroatoms. The molecule has 0 spiro atoms. The van der Waals surface area contributed by atoms with Crippen LogP contribution in [-0.4, -0.2) is 105 Å². The Kier molecular flexibility index (Phi) is 7.39.